The van der Waals surface area contributed by atoms with Gasteiger partial charge < -0.3 is 9.84 Å². The molecule has 1 atom stereocenters. The van der Waals surface area contributed by atoms with Crippen molar-refractivity contribution >= 4 is 17.7 Å². The number of hydrogen-bond acceptors (Lipinski definition) is 3. The molecule has 4 heteroatoms. The largest absolute Gasteiger partial charge is 0.478 e. The van der Waals surface area contributed by atoms with Gasteiger partial charge in [-0.1, -0.05) is 6.07 Å². The summed E-state index contributed by atoms with van der Waals surface area (Å²) in [5.74, 6) is 0.258. The van der Waals surface area contributed by atoms with Crippen molar-refractivity contribution in [2.75, 3.05) is 5.75 Å². The Morgan fingerprint density at radius 1 is 1.64 bits per heavy atom. The zero-order valence-electron chi connectivity index (χ0n) is 7.69. The van der Waals surface area contributed by atoms with Crippen LogP contribution in [0.25, 0.3) is 0 Å². The van der Waals surface area contributed by atoms with E-state index in [9.17, 15) is 4.79 Å². The van der Waals surface area contributed by atoms with Gasteiger partial charge in [-0.3, -0.25) is 0 Å². The first-order chi connectivity index (χ1) is 6.66. The van der Waals surface area contributed by atoms with Crippen LogP contribution in [0.5, 0.6) is 5.75 Å². The van der Waals surface area contributed by atoms with E-state index in [0.717, 1.165) is 10.5 Å². The van der Waals surface area contributed by atoms with Gasteiger partial charge in [0.25, 0.3) is 0 Å². The lowest BCUT2D eigenvalue weighted by Gasteiger charge is -2.22. The number of carboxylic acid groups (broad SMARTS) is 1. The molecule has 1 aromatic carbocycles. The Morgan fingerprint density at radius 3 is 3.14 bits per heavy atom. The molecule has 1 N–H and O–H groups in total. The minimum Gasteiger partial charge on any atom is -0.478 e. The number of benzene rings is 1. The SMILES string of the molecule is Cc1ccc2c(c1)SCC(C(=O)O)O2. The van der Waals surface area contributed by atoms with Crippen molar-refractivity contribution in [1.29, 1.82) is 0 Å². The standard InChI is InChI=1S/C10H10O3S/c1-6-2-3-7-9(4-6)14-5-8(13-7)10(11)12/h2-4,8H,5H2,1H3,(H,11,12). The highest BCUT2D eigenvalue weighted by Crippen LogP contribution is 2.35. The van der Waals surface area contributed by atoms with Gasteiger partial charge in [0.2, 0.25) is 6.10 Å². The molecule has 2 rings (SSSR count). The van der Waals surface area contributed by atoms with Gasteiger partial charge >= 0.3 is 5.97 Å². The molecule has 0 saturated heterocycles. The monoisotopic (exact) mass is 210 g/mol. The predicted molar refractivity (Wildman–Crippen MR) is 54.0 cm³/mol. The van der Waals surface area contributed by atoms with E-state index in [1.54, 1.807) is 0 Å². The van der Waals surface area contributed by atoms with E-state index >= 15 is 0 Å². The molecule has 0 spiro atoms. The number of rotatable bonds is 1. The molecule has 0 saturated carbocycles. The van der Waals surface area contributed by atoms with Crippen LogP contribution in [0.15, 0.2) is 23.1 Å². The van der Waals surface area contributed by atoms with Crippen molar-refractivity contribution in [1.82, 2.24) is 0 Å². The normalized spacial score (nSPS) is 19.6. The van der Waals surface area contributed by atoms with E-state index < -0.39 is 12.1 Å². The Morgan fingerprint density at radius 2 is 2.43 bits per heavy atom. The Balaban J connectivity index is 2.27. The van der Waals surface area contributed by atoms with Crippen LogP contribution in [0.4, 0.5) is 0 Å². The first kappa shape index (κ1) is 9.40. The van der Waals surface area contributed by atoms with Crippen LogP contribution in [0.2, 0.25) is 0 Å². The third-order valence-corrected chi connectivity index (χ3v) is 3.13. The Kier molecular flexibility index (Phi) is 2.37. The number of ether oxygens (including phenoxy) is 1. The number of carboxylic acids is 1. The number of thioether (sulfide) groups is 1. The van der Waals surface area contributed by atoms with Crippen LogP contribution in [-0.2, 0) is 4.79 Å². The molecule has 14 heavy (non-hydrogen) atoms. The van der Waals surface area contributed by atoms with Gasteiger partial charge in [-0.25, -0.2) is 4.79 Å². The predicted octanol–water partition coefficient (Wildman–Crippen LogP) is 1.93. The smallest absolute Gasteiger partial charge is 0.345 e. The van der Waals surface area contributed by atoms with Crippen molar-refractivity contribution < 1.29 is 14.6 Å². The summed E-state index contributed by atoms with van der Waals surface area (Å²) in [4.78, 5) is 11.7. The maximum Gasteiger partial charge on any atom is 0.345 e. The van der Waals surface area contributed by atoms with Crippen molar-refractivity contribution in [2.45, 2.75) is 17.9 Å². The third-order valence-electron chi connectivity index (χ3n) is 2.03. The van der Waals surface area contributed by atoms with Crippen molar-refractivity contribution in [2.24, 2.45) is 0 Å². The molecular weight excluding hydrogens is 200 g/mol. The molecule has 0 bridgehead atoms. The molecule has 0 radical (unpaired) electrons. The van der Waals surface area contributed by atoms with Gasteiger partial charge in [-0.15, -0.1) is 11.8 Å². The van der Waals surface area contributed by atoms with E-state index in [4.69, 9.17) is 9.84 Å². The lowest BCUT2D eigenvalue weighted by atomic mass is 10.2. The molecule has 1 aliphatic rings. The number of carbonyl (C=O) groups is 1. The van der Waals surface area contributed by atoms with E-state index in [2.05, 4.69) is 0 Å². The highest BCUT2D eigenvalue weighted by Gasteiger charge is 2.25. The minimum atomic E-state index is -0.899. The van der Waals surface area contributed by atoms with Crippen LogP contribution < -0.4 is 4.74 Å². The van der Waals surface area contributed by atoms with Crippen LogP contribution in [0.1, 0.15) is 5.56 Å². The van der Waals surface area contributed by atoms with Crippen LogP contribution in [-0.4, -0.2) is 22.9 Å². The average Bonchev–Trinajstić information content (AvgIpc) is 2.16. The average molecular weight is 210 g/mol. The van der Waals surface area contributed by atoms with Crippen LogP contribution >= 0.6 is 11.8 Å². The zero-order chi connectivity index (χ0) is 10.1. The van der Waals surface area contributed by atoms with E-state index in [1.165, 1.54) is 11.8 Å². The van der Waals surface area contributed by atoms with Crippen LogP contribution in [0, 0.1) is 6.92 Å². The summed E-state index contributed by atoms with van der Waals surface area (Å²) in [6, 6.07) is 5.76. The van der Waals surface area contributed by atoms with Crippen molar-refractivity contribution in [3.63, 3.8) is 0 Å². The zero-order valence-corrected chi connectivity index (χ0v) is 8.50. The lowest BCUT2D eigenvalue weighted by Crippen LogP contribution is -2.31. The maximum atomic E-state index is 10.7. The molecule has 1 aliphatic heterocycles. The Labute approximate surface area is 86.1 Å². The molecule has 1 unspecified atom stereocenters. The van der Waals surface area contributed by atoms with Crippen LogP contribution in [0.3, 0.4) is 0 Å². The number of fused-ring (bicyclic) bond motifs is 1. The second-order valence-corrected chi connectivity index (χ2v) is 4.27. The van der Waals surface area contributed by atoms with E-state index in [1.807, 2.05) is 25.1 Å². The second kappa shape index (κ2) is 3.53. The maximum absolute atomic E-state index is 10.7. The van der Waals surface area contributed by atoms with Gasteiger partial charge in [0.1, 0.15) is 5.75 Å². The quantitative estimate of drug-likeness (QED) is 0.769. The van der Waals surface area contributed by atoms with E-state index in [0.29, 0.717) is 11.5 Å². The van der Waals surface area contributed by atoms with Gasteiger partial charge in [0.05, 0.1) is 0 Å². The summed E-state index contributed by atoms with van der Waals surface area (Å²) < 4.78 is 5.33. The third kappa shape index (κ3) is 1.70. The van der Waals surface area contributed by atoms with E-state index in [-0.39, 0.29) is 0 Å². The molecule has 0 amide bonds. The fourth-order valence-corrected chi connectivity index (χ4v) is 2.37. The van der Waals surface area contributed by atoms with Gasteiger partial charge in [-0.2, -0.15) is 0 Å². The number of aliphatic carboxylic acids is 1. The molecular formula is C10H10O3S. The molecule has 3 nitrogen and oxygen atoms in total. The molecule has 0 aliphatic carbocycles. The minimum absolute atomic E-state index is 0.478. The first-order valence-electron chi connectivity index (χ1n) is 4.30. The summed E-state index contributed by atoms with van der Waals surface area (Å²) in [6.07, 6.45) is -0.713. The summed E-state index contributed by atoms with van der Waals surface area (Å²) in [5, 5.41) is 8.78. The number of aryl methyl sites for hydroxylation is 1. The molecule has 74 valence electrons. The first-order valence-corrected chi connectivity index (χ1v) is 5.28. The summed E-state index contributed by atoms with van der Waals surface area (Å²) >= 11 is 1.53. The van der Waals surface area contributed by atoms with Gasteiger partial charge in [-0.05, 0) is 24.6 Å². The molecule has 0 aromatic heterocycles. The summed E-state index contributed by atoms with van der Waals surface area (Å²) in [5.41, 5.74) is 1.16. The Hall–Kier alpha value is -1.16. The molecule has 1 aromatic rings. The van der Waals surface area contributed by atoms with Gasteiger partial charge in [0, 0.05) is 10.6 Å². The summed E-state index contributed by atoms with van der Waals surface area (Å²) in [6.45, 7) is 2.00. The van der Waals surface area contributed by atoms with Gasteiger partial charge in [0.15, 0.2) is 0 Å². The fraction of sp³-hybridized carbons (Fsp3) is 0.300. The summed E-state index contributed by atoms with van der Waals surface area (Å²) in [7, 11) is 0. The lowest BCUT2D eigenvalue weighted by molar-refractivity contribution is -0.144. The van der Waals surface area contributed by atoms with Crippen molar-refractivity contribution in [3.05, 3.63) is 23.8 Å². The molecule has 0 fully saturated rings. The topological polar surface area (TPSA) is 46.5 Å². The second-order valence-electron chi connectivity index (χ2n) is 3.21. The fourth-order valence-electron chi connectivity index (χ4n) is 1.30. The Bertz CT molecular complexity index is 376. The highest BCUT2D eigenvalue weighted by molar-refractivity contribution is 7.99. The molecule has 1 heterocycles. The number of hydrogen-bond donors (Lipinski definition) is 1. The van der Waals surface area contributed by atoms with Crippen molar-refractivity contribution in [3.8, 4) is 5.75 Å². The highest BCUT2D eigenvalue weighted by atomic mass is 32.2.